The average molecular weight is 311 g/mol. The minimum Gasteiger partial charge on any atom is -0.390 e. The summed E-state index contributed by atoms with van der Waals surface area (Å²) < 4.78 is 0. The first-order chi connectivity index (χ1) is 11.3. The van der Waals surface area contributed by atoms with Gasteiger partial charge in [-0.3, -0.25) is 4.98 Å². The van der Waals surface area contributed by atoms with Gasteiger partial charge in [-0.15, -0.1) is 0 Å². The van der Waals surface area contributed by atoms with Crippen LogP contribution in [0.4, 0.5) is 0 Å². The van der Waals surface area contributed by atoms with Crippen molar-refractivity contribution in [1.29, 1.82) is 0 Å². The molecule has 1 atom stereocenters. The lowest BCUT2D eigenvalue weighted by Gasteiger charge is -2.19. The number of aromatic nitrogens is 1. The molecule has 23 heavy (non-hydrogen) atoms. The van der Waals surface area contributed by atoms with Gasteiger partial charge in [0, 0.05) is 32.0 Å². The normalized spacial score (nSPS) is 16.6. The molecule has 0 spiro atoms. The molecule has 0 aliphatic carbocycles. The van der Waals surface area contributed by atoms with Crippen LogP contribution in [0.15, 0.2) is 48.8 Å². The fraction of sp³-hybridized carbons (Fsp3) is 0.421. The van der Waals surface area contributed by atoms with Crippen molar-refractivity contribution in [2.24, 2.45) is 0 Å². The predicted molar refractivity (Wildman–Crippen MR) is 93.1 cm³/mol. The SMILES string of the molecule is OC(CNCc1cccc(-c2ccncc2)c1)CN1CCCC1. The summed E-state index contributed by atoms with van der Waals surface area (Å²) in [5.41, 5.74) is 3.60. The maximum atomic E-state index is 10.1. The maximum Gasteiger partial charge on any atom is 0.0791 e. The van der Waals surface area contributed by atoms with Crippen molar-refractivity contribution < 1.29 is 5.11 Å². The summed E-state index contributed by atoms with van der Waals surface area (Å²) in [5, 5.41) is 13.5. The summed E-state index contributed by atoms with van der Waals surface area (Å²) in [6.07, 6.45) is 5.87. The number of likely N-dealkylation sites (tertiary alicyclic amines) is 1. The number of aliphatic hydroxyl groups excluding tert-OH is 1. The molecule has 1 unspecified atom stereocenters. The van der Waals surface area contributed by atoms with E-state index < -0.39 is 0 Å². The third-order valence-electron chi connectivity index (χ3n) is 4.32. The van der Waals surface area contributed by atoms with Gasteiger partial charge in [0.2, 0.25) is 0 Å². The zero-order chi connectivity index (χ0) is 15.9. The Hall–Kier alpha value is -1.75. The van der Waals surface area contributed by atoms with E-state index in [1.807, 2.05) is 24.5 Å². The van der Waals surface area contributed by atoms with E-state index >= 15 is 0 Å². The highest BCUT2D eigenvalue weighted by atomic mass is 16.3. The molecule has 0 bridgehead atoms. The smallest absolute Gasteiger partial charge is 0.0791 e. The van der Waals surface area contributed by atoms with Crippen LogP contribution in [0.2, 0.25) is 0 Å². The van der Waals surface area contributed by atoms with Gasteiger partial charge in [0.1, 0.15) is 0 Å². The molecule has 3 rings (SSSR count). The van der Waals surface area contributed by atoms with Gasteiger partial charge in [-0.25, -0.2) is 0 Å². The number of aliphatic hydroxyl groups is 1. The summed E-state index contributed by atoms with van der Waals surface area (Å²) in [4.78, 5) is 6.40. The van der Waals surface area contributed by atoms with Crippen LogP contribution in [-0.4, -0.2) is 47.3 Å². The first-order valence-corrected chi connectivity index (χ1v) is 8.42. The first kappa shape index (κ1) is 16.1. The zero-order valence-electron chi connectivity index (χ0n) is 13.5. The molecular formula is C19H25N3O. The quantitative estimate of drug-likeness (QED) is 0.824. The van der Waals surface area contributed by atoms with Crippen LogP contribution >= 0.6 is 0 Å². The fourth-order valence-corrected chi connectivity index (χ4v) is 3.12. The van der Waals surface area contributed by atoms with Gasteiger partial charge in [-0.1, -0.05) is 18.2 Å². The van der Waals surface area contributed by atoms with E-state index in [0.29, 0.717) is 6.54 Å². The lowest BCUT2D eigenvalue weighted by Crippen LogP contribution is -2.36. The molecule has 1 aliphatic heterocycles. The highest BCUT2D eigenvalue weighted by molar-refractivity contribution is 5.63. The van der Waals surface area contributed by atoms with Crippen molar-refractivity contribution in [3.8, 4) is 11.1 Å². The standard InChI is InChI=1S/C19H25N3O/c23-19(15-22-10-1-2-11-22)14-21-13-16-4-3-5-18(12-16)17-6-8-20-9-7-17/h3-9,12,19,21,23H,1-2,10-11,13-15H2. The second-order valence-electron chi connectivity index (χ2n) is 6.23. The Bertz CT molecular complexity index is 597. The van der Waals surface area contributed by atoms with Gasteiger partial charge in [-0.05, 0) is 60.8 Å². The summed E-state index contributed by atoms with van der Waals surface area (Å²) in [5.74, 6) is 0. The van der Waals surface area contributed by atoms with Crippen LogP contribution in [0.25, 0.3) is 11.1 Å². The number of nitrogens with one attached hydrogen (secondary N) is 1. The van der Waals surface area contributed by atoms with Crippen molar-refractivity contribution in [3.05, 3.63) is 54.4 Å². The number of pyridine rings is 1. The van der Waals surface area contributed by atoms with Crippen LogP contribution in [0.1, 0.15) is 18.4 Å². The zero-order valence-corrected chi connectivity index (χ0v) is 13.5. The van der Waals surface area contributed by atoms with Gasteiger partial charge in [0.05, 0.1) is 6.10 Å². The topological polar surface area (TPSA) is 48.4 Å². The molecule has 0 amide bonds. The number of nitrogens with zero attached hydrogens (tertiary/aromatic N) is 2. The minimum absolute atomic E-state index is 0.295. The minimum atomic E-state index is -0.295. The van der Waals surface area contributed by atoms with Crippen LogP contribution in [-0.2, 0) is 6.54 Å². The monoisotopic (exact) mass is 311 g/mol. The van der Waals surface area contributed by atoms with Crippen molar-refractivity contribution in [2.45, 2.75) is 25.5 Å². The summed E-state index contributed by atoms with van der Waals surface area (Å²) in [7, 11) is 0. The summed E-state index contributed by atoms with van der Waals surface area (Å²) in [6, 6.07) is 12.5. The van der Waals surface area contributed by atoms with E-state index in [2.05, 4.69) is 39.5 Å². The molecule has 4 nitrogen and oxygen atoms in total. The molecule has 1 aliphatic rings. The van der Waals surface area contributed by atoms with Crippen molar-refractivity contribution in [2.75, 3.05) is 26.2 Å². The molecule has 0 radical (unpaired) electrons. The van der Waals surface area contributed by atoms with Gasteiger partial charge >= 0.3 is 0 Å². The molecular weight excluding hydrogens is 286 g/mol. The molecule has 2 aromatic rings. The van der Waals surface area contributed by atoms with Crippen molar-refractivity contribution in [3.63, 3.8) is 0 Å². The van der Waals surface area contributed by atoms with E-state index in [1.165, 1.54) is 29.5 Å². The predicted octanol–water partition coefficient (Wildman–Crippen LogP) is 2.29. The fourth-order valence-electron chi connectivity index (χ4n) is 3.12. The van der Waals surface area contributed by atoms with Gasteiger partial charge in [0.15, 0.2) is 0 Å². The van der Waals surface area contributed by atoms with Crippen LogP contribution in [0, 0.1) is 0 Å². The Labute approximate surface area is 138 Å². The van der Waals surface area contributed by atoms with E-state index in [9.17, 15) is 5.11 Å². The van der Waals surface area contributed by atoms with Crippen LogP contribution in [0.3, 0.4) is 0 Å². The average Bonchev–Trinajstić information content (AvgIpc) is 3.09. The van der Waals surface area contributed by atoms with Crippen molar-refractivity contribution in [1.82, 2.24) is 15.2 Å². The molecule has 1 fully saturated rings. The molecule has 1 saturated heterocycles. The molecule has 122 valence electrons. The van der Waals surface area contributed by atoms with Gasteiger partial charge < -0.3 is 15.3 Å². The Morgan fingerprint density at radius 3 is 2.65 bits per heavy atom. The van der Waals surface area contributed by atoms with Crippen LogP contribution in [0.5, 0.6) is 0 Å². The lowest BCUT2D eigenvalue weighted by atomic mass is 10.0. The Balaban J connectivity index is 1.48. The lowest BCUT2D eigenvalue weighted by molar-refractivity contribution is 0.123. The highest BCUT2D eigenvalue weighted by Gasteiger charge is 2.15. The molecule has 1 aromatic heterocycles. The summed E-state index contributed by atoms with van der Waals surface area (Å²) >= 11 is 0. The number of β-amino-alcohol motifs (C(OH)–C–C–N with tert-alkyl or cyclic N) is 1. The number of benzene rings is 1. The first-order valence-electron chi connectivity index (χ1n) is 8.42. The maximum absolute atomic E-state index is 10.1. The second kappa shape index (κ2) is 8.20. The second-order valence-corrected chi connectivity index (χ2v) is 6.23. The van der Waals surface area contributed by atoms with E-state index in [4.69, 9.17) is 0 Å². The third-order valence-corrected chi connectivity index (χ3v) is 4.32. The largest absolute Gasteiger partial charge is 0.390 e. The summed E-state index contributed by atoms with van der Waals surface area (Å²) in [6.45, 7) is 4.45. The molecule has 0 saturated carbocycles. The van der Waals surface area contributed by atoms with E-state index in [1.54, 1.807) is 0 Å². The third kappa shape index (κ3) is 4.86. The molecule has 1 aromatic carbocycles. The Morgan fingerprint density at radius 2 is 1.87 bits per heavy atom. The van der Waals surface area contributed by atoms with Crippen LogP contribution < -0.4 is 5.32 Å². The highest BCUT2D eigenvalue weighted by Crippen LogP contribution is 2.19. The number of hydrogen-bond acceptors (Lipinski definition) is 4. The van der Waals surface area contributed by atoms with E-state index in [-0.39, 0.29) is 6.10 Å². The Kier molecular flexibility index (Phi) is 5.75. The van der Waals surface area contributed by atoms with Crippen molar-refractivity contribution >= 4 is 0 Å². The van der Waals surface area contributed by atoms with Gasteiger partial charge in [-0.2, -0.15) is 0 Å². The number of hydrogen-bond donors (Lipinski definition) is 2. The number of rotatable bonds is 7. The Morgan fingerprint density at radius 1 is 1.09 bits per heavy atom. The molecule has 2 heterocycles. The van der Waals surface area contributed by atoms with Gasteiger partial charge in [0.25, 0.3) is 0 Å². The molecule has 2 N–H and O–H groups in total. The molecule has 4 heteroatoms. The van der Waals surface area contributed by atoms with E-state index in [0.717, 1.165) is 26.2 Å².